The van der Waals surface area contributed by atoms with E-state index in [0.717, 1.165) is 34.1 Å². The van der Waals surface area contributed by atoms with Gasteiger partial charge in [-0.15, -0.1) is 10.2 Å². The Morgan fingerprint density at radius 3 is 2.42 bits per heavy atom. The Morgan fingerprint density at radius 2 is 1.79 bits per heavy atom. The zero-order valence-corrected chi connectivity index (χ0v) is 19.9. The highest BCUT2D eigenvalue weighted by Gasteiger charge is 2.18. The Hall–Kier alpha value is -3.59. The van der Waals surface area contributed by atoms with Gasteiger partial charge >= 0.3 is 0 Å². The van der Waals surface area contributed by atoms with E-state index < -0.39 is 0 Å². The summed E-state index contributed by atoms with van der Waals surface area (Å²) in [6.07, 6.45) is 0. The van der Waals surface area contributed by atoms with Crippen molar-refractivity contribution in [2.75, 3.05) is 17.7 Å². The summed E-state index contributed by atoms with van der Waals surface area (Å²) in [5, 5.41) is 16.8. The van der Waals surface area contributed by atoms with Crippen molar-refractivity contribution in [2.45, 2.75) is 25.9 Å². The lowest BCUT2D eigenvalue weighted by Crippen LogP contribution is -2.15. The summed E-state index contributed by atoms with van der Waals surface area (Å²) in [4.78, 5) is 12.7. The molecule has 0 aliphatic heterocycles. The standard InChI is InChI=1S/C24H26N6O2S/c1-5-32-20-13-11-19(12-14-20)30-23(18-9-7-6-8-10-18)26-27-24(30)33-15-21(31)25-22-16(2)28-29(4)17(22)3/h6-14H,5,15H2,1-4H3,(H,25,31). The van der Waals surface area contributed by atoms with Crippen molar-refractivity contribution in [3.05, 3.63) is 66.0 Å². The van der Waals surface area contributed by atoms with Crippen LogP contribution < -0.4 is 10.1 Å². The van der Waals surface area contributed by atoms with E-state index in [1.807, 2.05) is 87.0 Å². The molecule has 2 aromatic heterocycles. The van der Waals surface area contributed by atoms with Gasteiger partial charge < -0.3 is 10.1 Å². The summed E-state index contributed by atoms with van der Waals surface area (Å²) in [5.74, 6) is 1.58. The molecule has 9 heteroatoms. The second-order valence-electron chi connectivity index (χ2n) is 7.44. The third-order valence-corrected chi connectivity index (χ3v) is 6.11. The average Bonchev–Trinajstić information content (AvgIpc) is 3.35. The van der Waals surface area contributed by atoms with Gasteiger partial charge in [0, 0.05) is 18.3 Å². The van der Waals surface area contributed by atoms with Crippen LogP contribution >= 0.6 is 11.8 Å². The Bertz CT molecular complexity index is 1250. The van der Waals surface area contributed by atoms with Gasteiger partial charge in [0.05, 0.1) is 29.4 Å². The molecule has 0 atom stereocenters. The minimum atomic E-state index is -0.123. The molecule has 2 aromatic carbocycles. The normalized spacial score (nSPS) is 10.9. The fourth-order valence-electron chi connectivity index (χ4n) is 3.49. The molecule has 33 heavy (non-hydrogen) atoms. The number of ether oxygens (including phenoxy) is 1. The predicted molar refractivity (Wildman–Crippen MR) is 130 cm³/mol. The van der Waals surface area contributed by atoms with E-state index in [0.29, 0.717) is 17.6 Å². The number of carbonyl (C=O) groups is 1. The maximum absolute atomic E-state index is 12.7. The van der Waals surface area contributed by atoms with E-state index >= 15 is 0 Å². The number of carbonyl (C=O) groups excluding carboxylic acids is 1. The molecule has 0 unspecified atom stereocenters. The third kappa shape index (κ3) is 4.93. The molecule has 0 bridgehead atoms. The van der Waals surface area contributed by atoms with Crippen molar-refractivity contribution in [3.8, 4) is 22.8 Å². The second kappa shape index (κ2) is 9.91. The number of rotatable bonds is 8. The van der Waals surface area contributed by atoms with Crippen LogP contribution in [0.15, 0.2) is 59.8 Å². The van der Waals surface area contributed by atoms with Crippen molar-refractivity contribution < 1.29 is 9.53 Å². The average molecular weight is 463 g/mol. The molecule has 1 amide bonds. The molecule has 2 heterocycles. The smallest absolute Gasteiger partial charge is 0.234 e. The fourth-order valence-corrected chi connectivity index (χ4v) is 4.24. The van der Waals surface area contributed by atoms with E-state index in [4.69, 9.17) is 4.74 Å². The molecule has 170 valence electrons. The van der Waals surface area contributed by atoms with Crippen molar-refractivity contribution in [1.29, 1.82) is 0 Å². The van der Waals surface area contributed by atoms with Gasteiger partial charge in [0.15, 0.2) is 11.0 Å². The molecule has 4 rings (SSSR count). The molecule has 0 saturated heterocycles. The molecule has 0 aliphatic carbocycles. The van der Waals surface area contributed by atoms with E-state index in [9.17, 15) is 4.79 Å². The SMILES string of the molecule is CCOc1ccc(-n2c(SCC(=O)Nc3c(C)nn(C)c3C)nnc2-c2ccccc2)cc1. The van der Waals surface area contributed by atoms with E-state index in [1.165, 1.54) is 11.8 Å². The van der Waals surface area contributed by atoms with Gasteiger partial charge in [-0.25, -0.2) is 0 Å². The fraction of sp³-hybridized carbons (Fsp3) is 0.250. The number of anilines is 1. The van der Waals surface area contributed by atoms with Crippen molar-refractivity contribution in [1.82, 2.24) is 24.5 Å². The van der Waals surface area contributed by atoms with Crippen LogP contribution in [0.25, 0.3) is 17.1 Å². The van der Waals surface area contributed by atoms with Gasteiger partial charge in [0.2, 0.25) is 5.91 Å². The molecular weight excluding hydrogens is 436 g/mol. The molecule has 4 aromatic rings. The van der Waals surface area contributed by atoms with E-state index in [2.05, 4.69) is 20.6 Å². The summed E-state index contributed by atoms with van der Waals surface area (Å²) in [7, 11) is 1.86. The highest BCUT2D eigenvalue weighted by molar-refractivity contribution is 7.99. The molecule has 1 N–H and O–H groups in total. The number of thioether (sulfide) groups is 1. The van der Waals surface area contributed by atoms with Crippen molar-refractivity contribution in [2.24, 2.45) is 7.05 Å². The summed E-state index contributed by atoms with van der Waals surface area (Å²) >= 11 is 1.34. The van der Waals surface area contributed by atoms with Crippen LogP contribution in [0.5, 0.6) is 5.75 Å². The monoisotopic (exact) mass is 462 g/mol. The molecule has 0 fully saturated rings. The molecule has 0 spiro atoms. The van der Waals surface area contributed by atoms with Crippen LogP contribution in [0.3, 0.4) is 0 Å². The number of nitrogens with zero attached hydrogens (tertiary/aromatic N) is 5. The van der Waals surface area contributed by atoms with Crippen LogP contribution in [-0.4, -0.2) is 42.8 Å². The zero-order valence-electron chi connectivity index (χ0n) is 19.1. The van der Waals surface area contributed by atoms with Crippen LogP contribution in [0, 0.1) is 13.8 Å². The number of hydrogen-bond donors (Lipinski definition) is 1. The van der Waals surface area contributed by atoms with Crippen LogP contribution in [0.1, 0.15) is 18.3 Å². The number of amides is 1. The highest BCUT2D eigenvalue weighted by Crippen LogP contribution is 2.29. The Balaban J connectivity index is 1.60. The first-order chi connectivity index (χ1) is 16.0. The highest BCUT2D eigenvalue weighted by atomic mass is 32.2. The van der Waals surface area contributed by atoms with Crippen LogP contribution in [-0.2, 0) is 11.8 Å². The van der Waals surface area contributed by atoms with Gasteiger partial charge in [-0.3, -0.25) is 14.0 Å². The molecular formula is C24H26N6O2S. The van der Waals surface area contributed by atoms with E-state index in [-0.39, 0.29) is 11.7 Å². The van der Waals surface area contributed by atoms with Crippen molar-refractivity contribution in [3.63, 3.8) is 0 Å². The predicted octanol–water partition coefficient (Wildman–Crippen LogP) is 4.41. The number of nitrogens with one attached hydrogen (secondary N) is 1. The molecule has 0 radical (unpaired) electrons. The maximum atomic E-state index is 12.7. The Kier molecular flexibility index (Phi) is 6.79. The number of aryl methyl sites for hydroxylation is 2. The quantitative estimate of drug-likeness (QED) is 0.390. The third-order valence-electron chi connectivity index (χ3n) is 5.18. The Labute approximate surface area is 197 Å². The second-order valence-corrected chi connectivity index (χ2v) is 8.38. The first-order valence-corrected chi connectivity index (χ1v) is 11.6. The molecule has 0 aliphatic rings. The van der Waals surface area contributed by atoms with Crippen LogP contribution in [0.4, 0.5) is 5.69 Å². The Morgan fingerprint density at radius 1 is 1.06 bits per heavy atom. The van der Waals surface area contributed by atoms with Gasteiger partial charge in [0.1, 0.15) is 5.75 Å². The summed E-state index contributed by atoms with van der Waals surface area (Å²) in [5.41, 5.74) is 4.29. The van der Waals surface area contributed by atoms with Gasteiger partial charge in [-0.05, 0) is 45.0 Å². The molecule has 0 saturated carbocycles. The van der Waals surface area contributed by atoms with Crippen molar-refractivity contribution >= 4 is 23.4 Å². The summed E-state index contributed by atoms with van der Waals surface area (Å²) < 4.78 is 9.29. The lowest BCUT2D eigenvalue weighted by Gasteiger charge is -2.11. The van der Waals surface area contributed by atoms with Crippen LogP contribution in [0.2, 0.25) is 0 Å². The minimum Gasteiger partial charge on any atom is -0.494 e. The first kappa shape index (κ1) is 22.6. The first-order valence-electron chi connectivity index (χ1n) is 10.6. The largest absolute Gasteiger partial charge is 0.494 e. The minimum absolute atomic E-state index is 0.123. The van der Waals surface area contributed by atoms with Gasteiger partial charge in [-0.2, -0.15) is 5.10 Å². The van der Waals surface area contributed by atoms with Gasteiger partial charge in [-0.1, -0.05) is 42.1 Å². The number of benzene rings is 2. The maximum Gasteiger partial charge on any atom is 0.234 e. The molecule has 8 nitrogen and oxygen atoms in total. The topological polar surface area (TPSA) is 86.9 Å². The summed E-state index contributed by atoms with van der Waals surface area (Å²) in [6, 6.07) is 17.6. The lowest BCUT2D eigenvalue weighted by molar-refractivity contribution is -0.113. The van der Waals surface area contributed by atoms with E-state index in [1.54, 1.807) is 4.68 Å². The summed E-state index contributed by atoms with van der Waals surface area (Å²) in [6.45, 7) is 6.37. The number of hydrogen-bond acceptors (Lipinski definition) is 6. The number of aromatic nitrogens is 5. The zero-order chi connectivity index (χ0) is 23.4. The lowest BCUT2D eigenvalue weighted by atomic mass is 10.2. The van der Waals surface area contributed by atoms with Gasteiger partial charge in [0.25, 0.3) is 0 Å².